The lowest BCUT2D eigenvalue weighted by Crippen LogP contribution is -1.94. The molecule has 0 aromatic heterocycles. The third-order valence-corrected chi connectivity index (χ3v) is 4.02. The Hall–Kier alpha value is -2.62. The van der Waals surface area contributed by atoms with Gasteiger partial charge in [0.1, 0.15) is 23.0 Å². The molecule has 0 fully saturated rings. The van der Waals surface area contributed by atoms with E-state index in [1.165, 1.54) is 18.2 Å². The number of para-hydroxylation sites is 2. The largest absolute Gasteiger partial charge is 0.530 e. The van der Waals surface area contributed by atoms with Crippen LogP contribution in [0, 0.1) is 0 Å². The van der Waals surface area contributed by atoms with E-state index in [9.17, 15) is 4.57 Å². The van der Waals surface area contributed by atoms with Crippen molar-refractivity contribution in [1.82, 2.24) is 0 Å². The first-order valence-electron chi connectivity index (χ1n) is 7.21. The molecule has 0 amide bonds. The lowest BCUT2D eigenvalue weighted by Gasteiger charge is -2.13. The van der Waals surface area contributed by atoms with E-state index in [4.69, 9.17) is 30.5 Å². The molecule has 0 spiro atoms. The van der Waals surface area contributed by atoms with Gasteiger partial charge in [0.25, 0.3) is 0 Å². The van der Waals surface area contributed by atoms with Gasteiger partial charge in [-0.15, -0.1) is 0 Å². The SMILES string of the molecule is O=P(Cl)(Oc1ccccc1)Oc1ccccc1.Oc1cccc(O)c1. The quantitative estimate of drug-likeness (QED) is 0.579. The first-order chi connectivity index (χ1) is 11.9. The van der Waals surface area contributed by atoms with Crippen molar-refractivity contribution in [2.24, 2.45) is 0 Å². The molecule has 0 aliphatic carbocycles. The van der Waals surface area contributed by atoms with Gasteiger partial charge in [0.15, 0.2) is 0 Å². The number of rotatable bonds is 4. The Kier molecular flexibility index (Phi) is 6.75. The van der Waals surface area contributed by atoms with Crippen molar-refractivity contribution in [2.75, 3.05) is 0 Å². The summed E-state index contributed by atoms with van der Waals surface area (Å²) in [7, 11) is 0. The molecule has 130 valence electrons. The molecule has 0 aliphatic heterocycles. The zero-order valence-corrected chi connectivity index (χ0v) is 14.7. The summed E-state index contributed by atoms with van der Waals surface area (Å²) in [6.07, 6.45) is 0. The van der Waals surface area contributed by atoms with Crippen LogP contribution >= 0.6 is 18.2 Å². The minimum absolute atomic E-state index is 0.0880. The second-order valence-corrected chi connectivity index (χ2v) is 7.23. The average molecular weight is 379 g/mol. The Labute approximate surface area is 150 Å². The number of aromatic hydroxyl groups is 2. The van der Waals surface area contributed by atoms with Crippen LogP contribution in [0.25, 0.3) is 0 Å². The highest BCUT2D eigenvalue weighted by Gasteiger charge is 2.24. The first-order valence-corrected chi connectivity index (χ1v) is 9.66. The summed E-state index contributed by atoms with van der Waals surface area (Å²) in [6.45, 7) is -3.66. The molecule has 3 rings (SSSR count). The van der Waals surface area contributed by atoms with Crippen LogP contribution in [-0.4, -0.2) is 10.2 Å². The molecule has 7 heteroatoms. The van der Waals surface area contributed by atoms with Gasteiger partial charge in [-0.05, 0) is 36.4 Å². The Morgan fingerprint density at radius 2 is 1.08 bits per heavy atom. The van der Waals surface area contributed by atoms with Crippen LogP contribution in [0.1, 0.15) is 0 Å². The fourth-order valence-electron chi connectivity index (χ4n) is 1.73. The molecule has 3 aromatic carbocycles. The Morgan fingerprint density at radius 1 is 0.680 bits per heavy atom. The summed E-state index contributed by atoms with van der Waals surface area (Å²) in [6, 6.07) is 23.2. The summed E-state index contributed by atoms with van der Waals surface area (Å²) in [5.41, 5.74) is 0. The van der Waals surface area contributed by atoms with Gasteiger partial charge in [-0.25, -0.2) is 4.57 Å². The molecular weight excluding hydrogens is 363 g/mol. The Bertz CT molecular complexity index is 764. The van der Waals surface area contributed by atoms with Crippen LogP contribution in [0.3, 0.4) is 0 Å². The predicted molar refractivity (Wildman–Crippen MR) is 97.4 cm³/mol. The molecule has 25 heavy (non-hydrogen) atoms. The van der Waals surface area contributed by atoms with Crippen LogP contribution in [0.2, 0.25) is 0 Å². The number of phenols is 2. The molecule has 0 heterocycles. The minimum Gasteiger partial charge on any atom is -0.508 e. The average Bonchev–Trinajstić information content (AvgIpc) is 2.56. The number of benzene rings is 3. The van der Waals surface area contributed by atoms with Crippen LogP contribution in [0.15, 0.2) is 84.9 Å². The monoisotopic (exact) mass is 378 g/mol. The van der Waals surface area contributed by atoms with Gasteiger partial charge in [-0.2, -0.15) is 0 Å². The molecule has 0 saturated heterocycles. The second-order valence-electron chi connectivity index (χ2n) is 4.76. The molecule has 2 N–H and O–H groups in total. The van der Waals surface area contributed by atoms with Gasteiger partial charge in [0.05, 0.1) is 0 Å². The van der Waals surface area contributed by atoms with E-state index < -0.39 is 6.95 Å². The van der Waals surface area contributed by atoms with E-state index in [0.29, 0.717) is 11.5 Å². The molecule has 0 radical (unpaired) electrons. The van der Waals surface area contributed by atoms with Crippen LogP contribution < -0.4 is 9.05 Å². The standard InChI is InChI=1S/C12H10ClO3P.C6H6O2/c13-17(14,15-11-7-3-1-4-8-11)16-12-9-5-2-6-10-12;7-5-2-1-3-6(8)4-5/h1-10H;1-4,7-8H. The molecule has 0 atom stereocenters. The van der Waals surface area contributed by atoms with Gasteiger partial charge >= 0.3 is 6.95 Å². The Balaban J connectivity index is 0.000000236. The zero-order chi connectivity index (χ0) is 18.1. The highest BCUT2D eigenvalue weighted by atomic mass is 35.7. The fourth-order valence-corrected chi connectivity index (χ4v) is 2.99. The third kappa shape index (κ3) is 7.21. The molecular formula is C18H16ClO5P. The summed E-state index contributed by atoms with van der Waals surface area (Å²) in [4.78, 5) is 0. The number of halogens is 1. The topological polar surface area (TPSA) is 76.0 Å². The summed E-state index contributed by atoms with van der Waals surface area (Å²) in [5, 5.41) is 17.3. The van der Waals surface area contributed by atoms with Crippen molar-refractivity contribution in [3.8, 4) is 23.0 Å². The number of hydrogen-bond donors (Lipinski definition) is 2. The predicted octanol–water partition coefficient (Wildman–Crippen LogP) is 5.59. The molecule has 0 saturated carbocycles. The van der Waals surface area contributed by atoms with E-state index in [-0.39, 0.29) is 11.5 Å². The van der Waals surface area contributed by atoms with Gasteiger partial charge in [-0.3, -0.25) is 0 Å². The first kappa shape index (κ1) is 18.7. The van der Waals surface area contributed by atoms with Gasteiger partial charge < -0.3 is 19.3 Å². The number of hydrogen-bond acceptors (Lipinski definition) is 5. The maximum absolute atomic E-state index is 11.9. The van der Waals surface area contributed by atoms with E-state index in [2.05, 4.69) is 0 Å². The smallest absolute Gasteiger partial charge is 0.508 e. The van der Waals surface area contributed by atoms with E-state index >= 15 is 0 Å². The second kappa shape index (κ2) is 9.02. The molecule has 0 bridgehead atoms. The Morgan fingerprint density at radius 3 is 1.40 bits per heavy atom. The van der Waals surface area contributed by atoms with Crippen LogP contribution in [0.5, 0.6) is 23.0 Å². The summed E-state index contributed by atoms with van der Waals surface area (Å²) < 4.78 is 22.1. The maximum Gasteiger partial charge on any atom is 0.530 e. The normalized spacial score (nSPS) is 10.3. The van der Waals surface area contributed by atoms with Crippen molar-refractivity contribution in [1.29, 1.82) is 0 Å². The van der Waals surface area contributed by atoms with Crippen molar-refractivity contribution in [2.45, 2.75) is 0 Å². The van der Waals surface area contributed by atoms with Gasteiger partial charge in [-0.1, -0.05) is 42.5 Å². The third-order valence-electron chi connectivity index (χ3n) is 2.75. The van der Waals surface area contributed by atoms with Crippen molar-refractivity contribution in [3.05, 3.63) is 84.9 Å². The lowest BCUT2D eigenvalue weighted by atomic mass is 10.3. The van der Waals surface area contributed by atoms with E-state index in [1.54, 1.807) is 54.6 Å². The highest BCUT2D eigenvalue weighted by Crippen LogP contribution is 2.52. The molecule has 5 nitrogen and oxygen atoms in total. The van der Waals surface area contributed by atoms with E-state index in [0.717, 1.165) is 0 Å². The fraction of sp³-hybridized carbons (Fsp3) is 0. The lowest BCUT2D eigenvalue weighted by molar-refractivity contribution is 0.406. The van der Waals surface area contributed by atoms with Crippen LogP contribution in [0.4, 0.5) is 0 Å². The highest BCUT2D eigenvalue weighted by molar-refractivity contribution is 7.82. The molecule has 0 unspecified atom stereocenters. The van der Waals surface area contributed by atoms with E-state index in [1.807, 2.05) is 12.1 Å². The van der Waals surface area contributed by atoms with Crippen molar-refractivity contribution in [3.63, 3.8) is 0 Å². The number of phenolic OH excluding ortho intramolecular Hbond substituents is 2. The van der Waals surface area contributed by atoms with Crippen molar-refractivity contribution >= 4 is 18.2 Å². The van der Waals surface area contributed by atoms with Crippen LogP contribution in [-0.2, 0) is 4.57 Å². The van der Waals surface area contributed by atoms with Crippen molar-refractivity contribution < 1.29 is 23.8 Å². The molecule has 3 aromatic rings. The minimum atomic E-state index is -3.66. The summed E-state index contributed by atoms with van der Waals surface area (Å²) >= 11 is 5.72. The van der Waals surface area contributed by atoms with Gasteiger partial charge in [0.2, 0.25) is 0 Å². The van der Waals surface area contributed by atoms with Gasteiger partial charge in [0, 0.05) is 17.3 Å². The zero-order valence-electron chi connectivity index (χ0n) is 13.0. The maximum atomic E-state index is 11.9. The summed E-state index contributed by atoms with van der Waals surface area (Å²) in [5.74, 6) is 0.985. The molecule has 0 aliphatic rings.